The Hall–Kier alpha value is -2.08. The second-order valence-electron chi connectivity index (χ2n) is 5.95. The van der Waals surface area contributed by atoms with Gasteiger partial charge in [-0.25, -0.2) is 4.98 Å². The molecule has 0 spiro atoms. The highest BCUT2D eigenvalue weighted by molar-refractivity contribution is 7.09. The Labute approximate surface area is 146 Å². The Morgan fingerprint density at radius 3 is 2.50 bits per heavy atom. The van der Waals surface area contributed by atoms with Crippen molar-refractivity contribution >= 4 is 22.9 Å². The molecule has 1 saturated heterocycles. The van der Waals surface area contributed by atoms with Gasteiger partial charge in [0.15, 0.2) is 0 Å². The van der Waals surface area contributed by atoms with Gasteiger partial charge in [-0.1, -0.05) is 0 Å². The van der Waals surface area contributed by atoms with Crippen molar-refractivity contribution < 1.29 is 9.53 Å². The van der Waals surface area contributed by atoms with Gasteiger partial charge in [-0.3, -0.25) is 4.79 Å². The van der Waals surface area contributed by atoms with Crippen LogP contribution < -0.4 is 9.64 Å². The fourth-order valence-electron chi connectivity index (χ4n) is 2.90. The molecule has 1 aromatic carbocycles. The molecule has 3 rings (SSSR count). The molecule has 0 N–H and O–H groups in total. The van der Waals surface area contributed by atoms with Crippen LogP contribution in [0.5, 0.6) is 5.75 Å². The van der Waals surface area contributed by atoms with Crippen LogP contribution in [0.3, 0.4) is 0 Å². The number of hydrogen-bond donors (Lipinski definition) is 0. The number of aryl methyl sites for hydroxylation is 2. The summed E-state index contributed by atoms with van der Waals surface area (Å²) in [7, 11) is 1.67. The zero-order valence-corrected chi connectivity index (χ0v) is 15.0. The standard InChI is InChI=1S/C18H23N3O2S/c1-14-13-24-17(19-14)7-8-18(22)21-11-9-20(10-12-21)15-3-5-16(23-2)6-4-15/h3-6,13H,7-12H2,1-2H3. The summed E-state index contributed by atoms with van der Waals surface area (Å²) in [6.07, 6.45) is 1.30. The number of hydrogen-bond acceptors (Lipinski definition) is 5. The van der Waals surface area contributed by atoms with E-state index in [4.69, 9.17) is 4.74 Å². The molecule has 1 fully saturated rings. The minimum absolute atomic E-state index is 0.234. The lowest BCUT2D eigenvalue weighted by molar-refractivity contribution is -0.131. The third-order valence-electron chi connectivity index (χ3n) is 4.29. The molecular weight excluding hydrogens is 322 g/mol. The van der Waals surface area contributed by atoms with E-state index < -0.39 is 0 Å². The zero-order valence-electron chi connectivity index (χ0n) is 14.2. The first-order chi connectivity index (χ1) is 11.7. The van der Waals surface area contributed by atoms with E-state index in [0.717, 1.165) is 49.1 Å². The molecule has 128 valence electrons. The maximum atomic E-state index is 12.4. The molecule has 2 aromatic rings. The van der Waals surface area contributed by atoms with Crippen LogP contribution in [0.2, 0.25) is 0 Å². The summed E-state index contributed by atoms with van der Waals surface area (Å²) in [6, 6.07) is 8.09. The molecule has 1 aromatic heterocycles. The number of amides is 1. The van der Waals surface area contributed by atoms with Crippen molar-refractivity contribution in [3.63, 3.8) is 0 Å². The monoisotopic (exact) mass is 345 g/mol. The number of ether oxygens (including phenoxy) is 1. The molecule has 1 amide bonds. The number of rotatable bonds is 5. The van der Waals surface area contributed by atoms with E-state index in [1.165, 1.54) is 5.69 Å². The van der Waals surface area contributed by atoms with Crippen molar-refractivity contribution in [1.29, 1.82) is 0 Å². The van der Waals surface area contributed by atoms with Crippen molar-refractivity contribution in [3.8, 4) is 5.75 Å². The summed E-state index contributed by atoms with van der Waals surface area (Å²) in [5, 5.41) is 3.09. The maximum absolute atomic E-state index is 12.4. The fourth-order valence-corrected chi connectivity index (χ4v) is 3.67. The van der Waals surface area contributed by atoms with Gasteiger partial charge in [-0.15, -0.1) is 11.3 Å². The van der Waals surface area contributed by atoms with Gasteiger partial charge in [0.05, 0.1) is 12.1 Å². The van der Waals surface area contributed by atoms with Crippen LogP contribution in [0.15, 0.2) is 29.6 Å². The average molecular weight is 345 g/mol. The van der Waals surface area contributed by atoms with Gasteiger partial charge in [0.1, 0.15) is 5.75 Å². The number of nitrogens with zero attached hydrogens (tertiary/aromatic N) is 3. The van der Waals surface area contributed by atoms with E-state index >= 15 is 0 Å². The molecule has 0 aliphatic carbocycles. The van der Waals surface area contributed by atoms with Crippen LogP contribution in [-0.4, -0.2) is 49.1 Å². The molecule has 0 radical (unpaired) electrons. The van der Waals surface area contributed by atoms with Gasteiger partial charge in [0.25, 0.3) is 0 Å². The summed E-state index contributed by atoms with van der Waals surface area (Å²) < 4.78 is 5.19. The molecule has 24 heavy (non-hydrogen) atoms. The molecule has 0 bridgehead atoms. The van der Waals surface area contributed by atoms with Crippen molar-refractivity contribution in [3.05, 3.63) is 40.3 Å². The fraction of sp³-hybridized carbons (Fsp3) is 0.444. The number of anilines is 1. The van der Waals surface area contributed by atoms with Gasteiger partial charge in [0, 0.05) is 55.8 Å². The Morgan fingerprint density at radius 2 is 1.92 bits per heavy atom. The van der Waals surface area contributed by atoms with Gasteiger partial charge < -0.3 is 14.5 Å². The minimum atomic E-state index is 0.234. The van der Waals surface area contributed by atoms with Crippen LogP contribution >= 0.6 is 11.3 Å². The van der Waals surface area contributed by atoms with E-state index in [9.17, 15) is 4.79 Å². The smallest absolute Gasteiger partial charge is 0.223 e. The lowest BCUT2D eigenvalue weighted by atomic mass is 10.2. The topological polar surface area (TPSA) is 45.7 Å². The first-order valence-electron chi connectivity index (χ1n) is 8.23. The normalized spacial score (nSPS) is 14.8. The Balaban J connectivity index is 1.47. The second-order valence-corrected chi connectivity index (χ2v) is 6.89. The number of thiazole rings is 1. The van der Waals surface area contributed by atoms with E-state index in [2.05, 4.69) is 22.0 Å². The first-order valence-corrected chi connectivity index (χ1v) is 9.11. The number of carbonyl (C=O) groups excluding carboxylic acids is 1. The summed E-state index contributed by atoms with van der Waals surface area (Å²) >= 11 is 1.64. The SMILES string of the molecule is COc1ccc(N2CCN(C(=O)CCc3nc(C)cs3)CC2)cc1. The van der Waals surface area contributed by atoms with Crippen LogP contribution in [0.1, 0.15) is 17.1 Å². The molecule has 6 heteroatoms. The van der Waals surface area contributed by atoms with Crippen LogP contribution in [0.4, 0.5) is 5.69 Å². The quantitative estimate of drug-likeness (QED) is 0.836. The molecule has 1 aliphatic rings. The molecular formula is C18H23N3O2S. The Kier molecular flexibility index (Phi) is 5.35. The Bertz CT molecular complexity index is 676. The average Bonchev–Trinajstić information content (AvgIpc) is 3.05. The highest BCUT2D eigenvalue weighted by Gasteiger charge is 2.21. The number of carbonyl (C=O) groups is 1. The van der Waals surface area contributed by atoms with Gasteiger partial charge in [0.2, 0.25) is 5.91 Å². The third-order valence-corrected chi connectivity index (χ3v) is 5.32. The van der Waals surface area contributed by atoms with Crippen LogP contribution in [0.25, 0.3) is 0 Å². The van der Waals surface area contributed by atoms with E-state index in [1.807, 2.05) is 29.3 Å². The number of benzene rings is 1. The highest BCUT2D eigenvalue weighted by Crippen LogP contribution is 2.21. The van der Waals surface area contributed by atoms with Crippen molar-refractivity contribution in [2.24, 2.45) is 0 Å². The molecule has 0 atom stereocenters. The number of aromatic nitrogens is 1. The van der Waals surface area contributed by atoms with Gasteiger partial charge in [-0.2, -0.15) is 0 Å². The first kappa shape index (κ1) is 16.8. The summed E-state index contributed by atoms with van der Waals surface area (Å²) in [4.78, 5) is 21.1. The number of methoxy groups -OCH3 is 1. The van der Waals surface area contributed by atoms with E-state index in [-0.39, 0.29) is 5.91 Å². The second kappa shape index (κ2) is 7.66. The van der Waals surface area contributed by atoms with Crippen LogP contribution in [0, 0.1) is 6.92 Å². The van der Waals surface area contributed by atoms with Gasteiger partial charge >= 0.3 is 0 Å². The lowest BCUT2D eigenvalue weighted by Crippen LogP contribution is -2.48. The van der Waals surface area contributed by atoms with E-state index in [1.54, 1.807) is 18.4 Å². The van der Waals surface area contributed by atoms with Crippen LogP contribution in [-0.2, 0) is 11.2 Å². The Morgan fingerprint density at radius 1 is 1.21 bits per heavy atom. The lowest BCUT2D eigenvalue weighted by Gasteiger charge is -2.36. The summed E-state index contributed by atoms with van der Waals surface area (Å²) in [5.41, 5.74) is 2.22. The summed E-state index contributed by atoms with van der Waals surface area (Å²) in [6.45, 7) is 5.28. The molecule has 2 heterocycles. The molecule has 0 unspecified atom stereocenters. The molecule has 0 saturated carbocycles. The van der Waals surface area contributed by atoms with Crippen molar-refractivity contribution in [2.75, 3.05) is 38.2 Å². The third kappa shape index (κ3) is 4.06. The van der Waals surface area contributed by atoms with Crippen molar-refractivity contribution in [2.45, 2.75) is 19.8 Å². The maximum Gasteiger partial charge on any atom is 0.223 e. The molecule has 5 nitrogen and oxygen atoms in total. The van der Waals surface area contributed by atoms with Gasteiger partial charge in [-0.05, 0) is 31.2 Å². The molecule has 1 aliphatic heterocycles. The summed E-state index contributed by atoms with van der Waals surface area (Å²) in [5.74, 6) is 1.10. The predicted molar refractivity (Wildman–Crippen MR) is 97.0 cm³/mol. The van der Waals surface area contributed by atoms with E-state index in [0.29, 0.717) is 6.42 Å². The highest BCUT2D eigenvalue weighted by atomic mass is 32.1. The largest absolute Gasteiger partial charge is 0.497 e. The van der Waals surface area contributed by atoms with Crippen molar-refractivity contribution in [1.82, 2.24) is 9.88 Å². The minimum Gasteiger partial charge on any atom is -0.497 e. The predicted octanol–water partition coefficient (Wildman–Crippen LogP) is 2.74. The zero-order chi connectivity index (χ0) is 16.9. The number of piperazine rings is 1.